The molecule has 0 bridgehead atoms. The minimum atomic E-state index is -0.285. The van der Waals surface area contributed by atoms with Gasteiger partial charge in [0.05, 0.1) is 23.8 Å². The van der Waals surface area contributed by atoms with Crippen molar-refractivity contribution in [2.24, 2.45) is 0 Å². The van der Waals surface area contributed by atoms with Gasteiger partial charge in [0.25, 0.3) is 5.56 Å². The Labute approximate surface area is 151 Å². The van der Waals surface area contributed by atoms with Crippen LogP contribution in [0.4, 0.5) is 0 Å². The molecule has 138 valence electrons. The van der Waals surface area contributed by atoms with Crippen LogP contribution in [0, 0.1) is 0 Å². The largest absolute Gasteiger partial charge is 0.355 e. The van der Waals surface area contributed by atoms with Crippen LogP contribution in [0.5, 0.6) is 0 Å². The van der Waals surface area contributed by atoms with Crippen LogP contribution in [0.3, 0.4) is 0 Å². The van der Waals surface area contributed by atoms with Gasteiger partial charge in [-0.15, -0.1) is 0 Å². The second-order valence-electron chi connectivity index (χ2n) is 6.28. The summed E-state index contributed by atoms with van der Waals surface area (Å²) in [7, 11) is 0. The van der Waals surface area contributed by atoms with Gasteiger partial charge in [-0.05, 0) is 19.1 Å². The van der Waals surface area contributed by atoms with Gasteiger partial charge in [-0.1, -0.05) is 12.1 Å². The van der Waals surface area contributed by atoms with Crippen LogP contribution in [0.25, 0.3) is 11.0 Å². The average Bonchev–Trinajstić information content (AvgIpc) is 2.65. The third-order valence-electron chi connectivity index (χ3n) is 4.51. The normalized spacial score (nSPS) is 15.2. The molecule has 1 aliphatic heterocycles. The van der Waals surface area contributed by atoms with E-state index >= 15 is 0 Å². The number of para-hydroxylation sites is 2. The Balaban J connectivity index is 1.63. The molecule has 1 aliphatic rings. The van der Waals surface area contributed by atoms with Crippen LogP contribution in [0.15, 0.2) is 35.3 Å². The standard InChI is InChI=1S/C18H23N5O3/c1-2-19-16(24)12-21-7-9-22(10-8-21)18(26)13-23-15-6-4-3-5-14(15)20-11-17(23)25/h3-6,11H,2,7-10,12-13H2,1H3,(H,19,24). The number of nitrogens with one attached hydrogen (secondary N) is 1. The molecule has 1 saturated heterocycles. The van der Waals surface area contributed by atoms with Gasteiger partial charge in [0.15, 0.2) is 0 Å². The first-order valence-corrected chi connectivity index (χ1v) is 8.80. The van der Waals surface area contributed by atoms with Gasteiger partial charge in [0.2, 0.25) is 11.8 Å². The second-order valence-corrected chi connectivity index (χ2v) is 6.28. The molecule has 0 aliphatic carbocycles. The Hall–Kier alpha value is -2.74. The summed E-state index contributed by atoms with van der Waals surface area (Å²) in [6.07, 6.45) is 1.25. The van der Waals surface area contributed by atoms with Crippen LogP contribution >= 0.6 is 0 Å². The van der Waals surface area contributed by atoms with E-state index in [0.29, 0.717) is 50.3 Å². The van der Waals surface area contributed by atoms with Crippen LogP contribution in [-0.2, 0) is 16.1 Å². The van der Waals surface area contributed by atoms with Gasteiger partial charge in [-0.3, -0.25) is 23.9 Å². The zero-order valence-corrected chi connectivity index (χ0v) is 14.9. The number of carbonyl (C=O) groups is 2. The summed E-state index contributed by atoms with van der Waals surface area (Å²) in [6.45, 7) is 5.25. The highest BCUT2D eigenvalue weighted by Crippen LogP contribution is 2.09. The molecule has 2 heterocycles. The first-order chi connectivity index (χ1) is 12.6. The molecule has 1 fully saturated rings. The Morgan fingerprint density at radius 3 is 2.58 bits per heavy atom. The third kappa shape index (κ3) is 4.08. The van der Waals surface area contributed by atoms with E-state index in [1.54, 1.807) is 11.0 Å². The first-order valence-electron chi connectivity index (χ1n) is 8.80. The summed E-state index contributed by atoms with van der Waals surface area (Å²) in [5.41, 5.74) is 1.06. The van der Waals surface area contributed by atoms with Crippen molar-refractivity contribution in [3.63, 3.8) is 0 Å². The number of nitrogens with zero attached hydrogens (tertiary/aromatic N) is 4. The number of benzene rings is 1. The lowest BCUT2D eigenvalue weighted by Gasteiger charge is -2.34. The number of hydrogen-bond acceptors (Lipinski definition) is 5. The SMILES string of the molecule is CCNC(=O)CN1CCN(C(=O)Cn2c(=O)cnc3ccccc32)CC1. The van der Waals surface area contributed by atoms with Gasteiger partial charge >= 0.3 is 0 Å². The highest BCUT2D eigenvalue weighted by Gasteiger charge is 2.23. The molecule has 1 aromatic heterocycles. The topological polar surface area (TPSA) is 87.5 Å². The lowest BCUT2D eigenvalue weighted by molar-refractivity contribution is -0.133. The minimum absolute atomic E-state index is 0.00180. The van der Waals surface area contributed by atoms with Gasteiger partial charge in [-0.25, -0.2) is 4.98 Å². The van der Waals surface area contributed by atoms with Crippen molar-refractivity contribution in [2.75, 3.05) is 39.3 Å². The second kappa shape index (κ2) is 8.09. The van der Waals surface area contributed by atoms with Crippen LogP contribution in [-0.4, -0.2) is 70.4 Å². The Bertz CT molecular complexity index is 855. The lowest BCUT2D eigenvalue weighted by Crippen LogP contribution is -2.52. The summed E-state index contributed by atoms with van der Waals surface area (Å²) in [5.74, 6) is -0.0943. The molecule has 1 N–H and O–H groups in total. The summed E-state index contributed by atoms with van der Waals surface area (Å²) < 4.78 is 1.46. The van der Waals surface area contributed by atoms with Crippen LogP contribution < -0.4 is 10.9 Å². The Kier molecular flexibility index (Phi) is 5.62. The summed E-state index contributed by atoms with van der Waals surface area (Å²) in [5, 5.41) is 2.78. The molecule has 0 radical (unpaired) electrons. The van der Waals surface area contributed by atoms with Crippen molar-refractivity contribution in [3.8, 4) is 0 Å². The van der Waals surface area contributed by atoms with E-state index in [-0.39, 0.29) is 23.9 Å². The molecule has 0 unspecified atom stereocenters. The fraction of sp³-hybridized carbons (Fsp3) is 0.444. The number of piperazine rings is 1. The fourth-order valence-electron chi connectivity index (χ4n) is 3.12. The summed E-state index contributed by atoms with van der Waals surface area (Å²) in [6, 6.07) is 7.28. The molecular formula is C18H23N5O3. The number of carbonyl (C=O) groups excluding carboxylic acids is 2. The number of hydrogen-bond donors (Lipinski definition) is 1. The van der Waals surface area contributed by atoms with E-state index < -0.39 is 0 Å². The highest BCUT2D eigenvalue weighted by atomic mass is 16.2. The van der Waals surface area contributed by atoms with Crippen molar-refractivity contribution in [1.29, 1.82) is 0 Å². The van der Waals surface area contributed by atoms with E-state index in [9.17, 15) is 14.4 Å². The van der Waals surface area contributed by atoms with Gasteiger partial charge in [-0.2, -0.15) is 0 Å². The zero-order chi connectivity index (χ0) is 18.5. The maximum atomic E-state index is 12.6. The van der Waals surface area contributed by atoms with Crippen LogP contribution in [0.1, 0.15) is 6.92 Å². The predicted molar refractivity (Wildman–Crippen MR) is 97.7 cm³/mol. The number of aromatic nitrogens is 2. The molecule has 2 amide bonds. The monoisotopic (exact) mass is 357 g/mol. The van der Waals surface area contributed by atoms with Crippen molar-refractivity contribution >= 4 is 22.8 Å². The minimum Gasteiger partial charge on any atom is -0.355 e. The maximum Gasteiger partial charge on any atom is 0.269 e. The molecule has 1 aromatic carbocycles. The van der Waals surface area contributed by atoms with E-state index in [0.717, 1.165) is 0 Å². The molecule has 3 rings (SSSR count). The molecule has 0 spiro atoms. The molecular weight excluding hydrogens is 334 g/mol. The van der Waals surface area contributed by atoms with Crippen LogP contribution in [0.2, 0.25) is 0 Å². The number of fused-ring (bicyclic) bond motifs is 1. The smallest absolute Gasteiger partial charge is 0.269 e. The van der Waals surface area contributed by atoms with Gasteiger partial charge in [0, 0.05) is 32.7 Å². The molecule has 2 aromatic rings. The lowest BCUT2D eigenvalue weighted by atomic mass is 10.2. The quantitative estimate of drug-likeness (QED) is 0.792. The molecule has 0 atom stereocenters. The predicted octanol–water partition coefficient (Wildman–Crippen LogP) is -0.323. The number of rotatable bonds is 5. The summed E-state index contributed by atoms with van der Waals surface area (Å²) in [4.78, 5) is 44.3. The van der Waals surface area contributed by atoms with Crippen molar-refractivity contribution in [1.82, 2.24) is 24.7 Å². The average molecular weight is 357 g/mol. The van der Waals surface area contributed by atoms with Crippen molar-refractivity contribution < 1.29 is 9.59 Å². The molecule has 26 heavy (non-hydrogen) atoms. The summed E-state index contributed by atoms with van der Waals surface area (Å²) >= 11 is 0. The molecule has 0 saturated carbocycles. The van der Waals surface area contributed by atoms with Crippen molar-refractivity contribution in [3.05, 3.63) is 40.8 Å². The first kappa shape index (κ1) is 18.1. The van der Waals surface area contributed by atoms with Gasteiger partial charge < -0.3 is 10.2 Å². The third-order valence-corrected chi connectivity index (χ3v) is 4.51. The fourth-order valence-corrected chi connectivity index (χ4v) is 3.12. The number of likely N-dealkylation sites (N-methyl/N-ethyl adjacent to an activating group) is 1. The van der Waals surface area contributed by atoms with Gasteiger partial charge in [0.1, 0.15) is 6.54 Å². The van der Waals surface area contributed by atoms with E-state index in [4.69, 9.17) is 0 Å². The number of amides is 2. The Morgan fingerprint density at radius 1 is 1.12 bits per heavy atom. The van der Waals surface area contributed by atoms with E-state index in [1.807, 2.05) is 30.0 Å². The Morgan fingerprint density at radius 2 is 1.85 bits per heavy atom. The molecule has 8 heteroatoms. The maximum absolute atomic E-state index is 12.6. The highest BCUT2D eigenvalue weighted by molar-refractivity contribution is 5.80. The van der Waals surface area contributed by atoms with E-state index in [2.05, 4.69) is 10.3 Å². The van der Waals surface area contributed by atoms with Crippen molar-refractivity contribution in [2.45, 2.75) is 13.5 Å². The van der Waals surface area contributed by atoms with E-state index in [1.165, 1.54) is 10.8 Å². The molecule has 8 nitrogen and oxygen atoms in total. The zero-order valence-electron chi connectivity index (χ0n) is 14.9.